The number of aromatic nitrogens is 1. The van der Waals surface area contributed by atoms with E-state index in [0.29, 0.717) is 12.2 Å². The highest BCUT2D eigenvalue weighted by molar-refractivity contribution is 8.14. The summed E-state index contributed by atoms with van der Waals surface area (Å²) in [5.74, 6) is 0.873. The number of alkyl halides is 3. The lowest BCUT2D eigenvalue weighted by atomic mass is 10.2. The molecule has 0 bridgehead atoms. The van der Waals surface area contributed by atoms with Crippen LogP contribution in [0.3, 0.4) is 0 Å². The minimum absolute atomic E-state index is 0.320. The van der Waals surface area contributed by atoms with Crippen LogP contribution in [0.5, 0.6) is 0 Å². The van der Waals surface area contributed by atoms with Crippen molar-refractivity contribution in [2.45, 2.75) is 12.7 Å². The fraction of sp³-hybridized carbons (Fsp3) is 0.250. The minimum Gasteiger partial charge on any atom is -0.346 e. The van der Waals surface area contributed by atoms with Crippen molar-refractivity contribution < 1.29 is 13.2 Å². The van der Waals surface area contributed by atoms with E-state index in [1.54, 1.807) is 30.2 Å². The number of thioether (sulfide) groups is 1. The Bertz CT molecular complexity index is 701. The lowest BCUT2D eigenvalue weighted by Crippen LogP contribution is -2.23. The van der Waals surface area contributed by atoms with E-state index in [9.17, 15) is 13.2 Å². The van der Waals surface area contributed by atoms with Gasteiger partial charge in [-0.1, -0.05) is 23.9 Å². The maximum absolute atomic E-state index is 12.8. The summed E-state index contributed by atoms with van der Waals surface area (Å²) in [7, 11) is 0. The van der Waals surface area contributed by atoms with E-state index >= 15 is 0 Å². The fourth-order valence-electron chi connectivity index (χ4n) is 2.26. The van der Waals surface area contributed by atoms with Crippen LogP contribution >= 0.6 is 11.8 Å². The second-order valence-corrected chi connectivity index (χ2v) is 6.14. The molecule has 0 aliphatic carbocycles. The van der Waals surface area contributed by atoms with E-state index in [-0.39, 0.29) is 0 Å². The maximum Gasteiger partial charge on any atom is 0.416 e. The monoisotopic (exact) mass is 337 g/mol. The van der Waals surface area contributed by atoms with Gasteiger partial charge >= 0.3 is 6.18 Å². The number of benzene rings is 1. The zero-order chi connectivity index (χ0) is 16.3. The standard InChI is InChI=1S/C16H14F3N3S/c17-16(18,19)13-4-1-5-14(9-13)21-15-22(7-8-23-15)11-12-3-2-6-20-10-12/h1-6,9-10H,7-8,11H2. The maximum atomic E-state index is 12.8. The van der Waals surface area contributed by atoms with Crippen molar-refractivity contribution in [2.75, 3.05) is 12.3 Å². The lowest BCUT2D eigenvalue weighted by Gasteiger charge is -2.17. The summed E-state index contributed by atoms with van der Waals surface area (Å²) in [5, 5.41) is 0.744. The highest BCUT2D eigenvalue weighted by atomic mass is 32.2. The Hall–Kier alpha value is -2.02. The molecule has 23 heavy (non-hydrogen) atoms. The van der Waals surface area contributed by atoms with E-state index in [0.717, 1.165) is 35.2 Å². The second kappa shape index (κ2) is 6.62. The number of rotatable bonds is 3. The van der Waals surface area contributed by atoms with Crippen LogP contribution in [0.2, 0.25) is 0 Å². The van der Waals surface area contributed by atoms with Crippen LogP contribution in [-0.4, -0.2) is 27.3 Å². The number of amidine groups is 1. The van der Waals surface area contributed by atoms with E-state index < -0.39 is 11.7 Å². The molecule has 1 saturated heterocycles. The van der Waals surface area contributed by atoms with Gasteiger partial charge in [0.1, 0.15) is 0 Å². The average molecular weight is 337 g/mol. The first-order chi connectivity index (χ1) is 11.0. The first kappa shape index (κ1) is 15.9. The van der Waals surface area contributed by atoms with Gasteiger partial charge in [0, 0.05) is 31.2 Å². The molecule has 2 aromatic rings. The minimum atomic E-state index is -4.35. The Morgan fingerprint density at radius 3 is 2.83 bits per heavy atom. The molecule has 0 saturated carbocycles. The molecule has 1 fully saturated rings. The van der Waals surface area contributed by atoms with Crippen LogP contribution in [0.1, 0.15) is 11.1 Å². The van der Waals surface area contributed by atoms with Crippen LogP contribution in [0.25, 0.3) is 0 Å². The largest absolute Gasteiger partial charge is 0.416 e. The molecule has 120 valence electrons. The molecule has 0 radical (unpaired) electrons. The number of halogens is 3. The molecule has 0 spiro atoms. The molecular formula is C16H14F3N3S. The third-order valence-electron chi connectivity index (χ3n) is 3.36. The van der Waals surface area contributed by atoms with Gasteiger partial charge in [-0.05, 0) is 29.8 Å². The molecule has 0 unspecified atom stereocenters. The van der Waals surface area contributed by atoms with E-state index in [1.807, 2.05) is 12.1 Å². The Labute approximate surface area is 136 Å². The van der Waals surface area contributed by atoms with Crippen molar-refractivity contribution in [2.24, 2.45) is 4.99 Å². The number of hydrogen-bond acceptors (Lipinski definition) is 3. The van der Waals surface area contributed by atoms with E-state index in [2.05, 4.69) is 14.9 Å². The average Bonchev–Trinajstić information content (AvgIpc) is 2.95. The topological polar surface area (TPSA) is 28.5 Å². The summed E-state index contributed by atoms with van der Waals surface area (Å²) < 4.78 is 38.3. The quantitative estimate of drug-likeness (QED) is 0.834. The first-order valence-corrected chi connectivity index (χ1v) is 8.03. The number of hydrogen-bond donors (Lipinski definition) is 0. The Balaban J connectivity index is 1.81. The van der Waals surface area contributed by atoms with Crippen LogP contribution in [0.15, 0.2) is 53.8 Å². The summed E-state index contributed by atoms with van der Waals surface area (Å²) in [6.45, 7) is 1.47. The van der Waals surface area contributed by atoms with Crippen molar-refractivity contribution in [1.82, 2.24) is 9.88 Å². The van der Waals surface area contributed by atoms with Gasteiger partial charge < -0.3 is 4.90 Å². The fourth-order valence-corrected chi connectivity index (χ4v) is 3.26. The van der Waals surface area contributed by atoms with E-state index in [4.69, 9.17) is 0 Å². The molecule has 1 aromatic heterocycles. The second-order valence-electron chi connectivity index (χ2n) is 5.07. The van der Waals surface area contributed by atoms with Gasteiger partial charge in [0.2, 0.25) is 0 Å². The molecule has 0 atom stereocenters. The van der Waals surface area contributed by atoms with Gasteiger partial charge in [-0.25, -0.2) is 4.99 Å². The lowest BCUT2D eigenvalue weighted by molar-refractivity contribution is -0.137. The normalized spacial score (nSPS) is 17.0. The van der Waals surface area contributed by atoms with Crippen molar-refractivity contribution in [3.05, 3.63) is 59.9 Å². The summed E-state index contributed by atoms with van der Waals surface area (Å²) in [5.41, 5.74) is 0.688. The van der Waals surface area contributed by atoms with Crippen LogP contribution in [0, 0.1) is 0 Å². The van der Waals surface area contributed by atoms with Gasteiger partial charge in [-0.3, -0.25) is 4.98 Å². The SMILES string of the molecule is FC(F)(F)c1cccc(N=C2SCCN2Cc2cccnc2)c1. The molecule has 3 rings (SSSR count). The molecule has 0 N–H and O–H groups in total. The van der Waals surface area contributed by atoms with E-state index in [1.165, 1.54) is 6.07 Å². The van der Waals surface area contributed by atoms with Gasteiger partial charge in [0.15, 0.2) is 5.17 Å². The number of pyridine rings is 1. The molecule has 3 nitrogen and oxygen atoms in total. The van der Waals surface area contributed by atoms with Crippen molar-refractivity contribution >= 4 is 22.6 Å². The van der Waals surface area contributed by atoms with Gasteiger partial charge in [0.05, 0.1) is 11.3 Å². The summed E-state index contributed by atoms with van der Waals surface area (Å²) in [6, 6.07) is 8.93. The van der Waals surface area contributed by atoms with Crippen LogP contribution in [0.4, 0.5) is 18.9 Å². The number of nitrogens with zero attached hydrogens (tertiary/aromatic N) is 3. The zero-order valence-corrected chi connectivity index (χ0v) is 12.9. The molecule has 2 heterocycles. The predicted molar refractivity (Wildman–Crippen MR) is 85.6 cm³/mol. The number of aliphatic imine (C=N–C) groups is 1. The predicted octanol–water partition coefficient (Wildman–Crippen LogP) is 4.34. The summed E-state index contributed by atoms with van der Waals surface area (Å²) >= 11 is 1.55. The van der Waals surface area contributed by atoms with Gasteiger partial charge in [0.25, 0.3) is 0 Å². The summed E-state index contributed by atoms with van der Waals surface area (Å²) in [4.78, 5) is 10.5. The highest BCUT2D eigenvalue weighted by Crippen LogP contribution is 2.32. The molecule has 1 aliphatic rings. The van der Waals surface area contributed by atoms with Crippen molar-refractivity contribution in [3.63, 3.8) is 0 Å². The third kappa shape index (κ3) is 4.04. The van der Waals surface area contributed by atoms with Gasteiger partial charge in [-0.2, -0.15) is 13.2 Å². The van der Waals surface area contributed by atoms with Crippen molar-refractivity contribution in [3.8, 4) is 0 Å². The third-order valence-corrected chi connectivity index (χ3v) is 4.35. The van der Waals surface area contributed by atoms with Gasteiger partial charge in [-0.15, -0.1) is 0 Å². The smallest absolute Gasteiger partial charge is 0.346 e. The van der Waals surface area contributed by atoms with Crippen LogP contribution < -0.4 is 0 Å². The molecule has 1 aliphatic heterocycles. The Kier molecular flexibility index (Phi) is 4.56. The van der Waals surface area contributed by atoms with Crippen LogP contribution in [-0.2, 0) is 12.7 Å². The Morgan fingerprint density at radius 2 is 2.09 bits per heavy atom. The zero-order valence-electron chi connectivity index (χ0n) is 12.1. The first-order valence-electron chi connectivity index (χ1n) is 7.05. The summed E-state index contributed by atoms with van der Waals surface area (Å²) in [6.07, 6.45) is -0.862. The molecular weight excluding hydrogens is 323 g/mol. The molecule has 7 heteroatoms. The highest BCUT2D eigenvalue weighted by Gasteiger charge is 2.30. The molecule has 0 amide bonds. The molecule has 1 aromatic carbocycles. The Morgan fingerprint density at radius 1 is 1.22 bits per heavy atom. The van der Waals surface area contributed by atoms with Crippen molar-refractivity contribution in [1.29, 1.82) is 0 Å².